The van der Waals surface area contributed by atoms with E-state index in [0.717, 1.165) is 33.5 Å². The number of phenols is 1. The number of phenolic OH excluding ortho intramolecular Hbond substituents is 1. The van der Waals surface area contributed by atoms with E-state index < -0.39 is 0 Å². The average molecular weight is 405 g/mol. The second-order valence-corrected chi connectivity index (χ2v) is 7.23. The maximum atomic E-state index is 12.3. The number of hydrogen-bond acceptors (Lipinski definition) is 3. The van der Waals surface area contributed by atoms with Gasteiger partial charge in [0.05, 0.1) is 11.0 Å². The van der Waals surface area contributed by atoms with Crippen molar-refractivity contribution in [3.05, 3.63) is 109 Å². The SMILES string of the molecule is O=C(Nc1ccc(-n2cnc3cc(-c4ccc(O)cc4)ccc32)cc1)c1ccccc1. The Morgan fingerprint density at radius 1 is 0.806 bits per heavy atom. The van der Waals surface area contributed by atoms with Crippen LogP contribution in [-0.2, 0) is 0 Å². The number of carbonyl (C=O) groups excluding carboxylic acids is 1. The van der Waals surface area contributed by atoms with Gasteiger partial charge in [0.1, 0.15) is 12.1 Å². The van der Waals surface area contributed by atoms with Crippen LogP contribution >= 0.6 is 0 Å². The molecular formula is C26H19N3O2. The van der Waals surface area contributed by atoms with Crippen LogP contribution in [0.2, 0.25) is 0 Å². The fourth-order valence-corrected chi connectivity index (χ4v) is 3.55. The van der Waals surface area contributed by atoms with Crippen molar-refractivity contribution < 1.29 is 9.90 Å². The highest BCUT2D eigenvalue weighted by Crippen LogP contribution is 2.27. The Kier molecular flexibility index (Phi) is 4.69. The van der Waals surface area contributed by atoms with Crippen LogP contribution in [-0.4, -0.2) is 20.6 Å². The first-order valence-electron chi connectivity index (χ1n) is 9.91. The summed E-state index contributed by atoms with van der Waals surface area (Å²) in [5.74, 6) is 0.112. The quantitative estimate of drug-likeness (QED) is 0.406. The van der Waals surface area contributed by atoms with Gasteiger partial charge in [-0.05, 0) is 71.8 Å². The molecule has 2 N–H and O–H groups in total. The number of carbonyl (C=O) groups is 1. The highest BCUT2D eigenvalue weighted by atomic mass is 16.3. The van der Waals surface area contributed by atoms with Gasteiger partial charge in [0.25, 0.3) is 5.91 Å². The number of rotatable bonds is 4. The Morgan fingerprint density at radius 3 is 2.26 bits per heavy atom. The third-order valence-corrected chi connectivity index (χ3v) is 5.19. The first kappa shape index (κ1) is 18.6. The van der Waals surface area contributed by atoms with Crippen LogP contribution in [0, 0.1) is 0 Å². The van der Waals surface area contributed by atoms with Crippen LogP contribution in [0.1, 0.15) is 10.4 Å². The molecule has 5 nitrogen and oxygen atoms in total. The van der Waals surface area contributed by atoms with Crippen LogP contribution in [0.5, 0.6) is 5.75 Å². The number of nitrogens with zero attached hydrogens (tertiary/aromatic N) is 2. The summed E-state index contributed by atoms with van der Waals surface area (Å²) in [5, 5.41) is 12.4. The molecule has 150 valence electrons. The van der Waals surface area contributed by atoms with E-state index in [1.165, 1.54) is 0 Å². The lowest BCUT2D eigenvalue weighted by atomic mass is 10.1. The molecule has 5 heteroatoms. The lowest BCUT2D eigenvalue weighted by Gasteiger charge is -2.08. The summed E-state index contributed by atoms with van der Waals surface area (Å²) < 4.78 is 2.01. The van der Waals surface area contributed by atoms with E-state index in [2.05, 4.69) is 10.3 Å². The molecule has 0 saturated carbocycles. The van der Waals surface area contributed by atoms with E-state index in [1.807, 2.05) is 77.4 Å². The van der Waals surface area contributed by atoms with E-state index in [-0.39, 0.29) is 11.7 Å². The van der Waals surface area contributed by atoms with Gasteiger partial charge in [-0.25, -0.2) is 4.98 Å². The molecule has 0 bridgehead atoms. The van der Waals surface area contributed by atoms with Gasteiger partial charge in [0, 0.05) is 16.9 Å². The normalized spacial score (nSPS) is 10.8. The van der Waals surface area contributed by atoms with Gasteiger partial charge < -0.3 is 10.4 Å². The molecular weight excluding hydrogens is 386 g/mol. The van der Waals surface area contributed by atoms with Crippen molar-refractivity contribution in [3.63, 3.8) is 0 Å². The zero-order chi connectivity index (χ0) is 21.2. The smallest absolute Gasteiger partial charge is 0.255 e. The molecule has 0 fully saturated rings. The molecule has 0 aliphatic heterocycles. The summed E-state index contributed by atoms with van der Waals surface area (Å²) in [5.41, 5.74) is 6.24. The van der Waals surface area contributed by atoms with Gasteiger partial charge >= 0.3 is 0 Å². The van der Waals surface area contributed by atoms with Crippen LogP contribution in [0.4, 0.5) is 5.69 Å². The zero-order valence-corrected chi connectivity index (χ0v) is 16.6. The largest absolute Gasteiger partial charge is 0.508 e. The Bertz CT molecular complexity index is 1360. The molecule has 0 atom stereocenters. The zero-order valence-electron chi connectivity index (χ0n) is 16.6. The highest BCUT2D eigenvalue weighted by molar-refractivity contribution is 6.04. The van der Waals surface area contributed by atoms with Crippen molar-refractivity contribution in [3.8, 4) is 22.6 Å². The minimum absolute atomic E-state index is 0.136. The number of hydrogen-bond donors (Lipinski definition) is 2. The number of anilines is 1. The number of aromatic hydroxyl groups is 1. The van der Waals surface area contributed by atoms with Crippen molar-refractivity contribution in [1.82, 2.24) is 9.55 Å². The van der Waals surface area contributed by atoms with Gasteiger partial charge in [-0.15, -0.1) is 0 Å². The molecule has 5 aromatic rings. The molecule has 0 aliphatic rings. The van der Waals surface area contributed by atoms with Crippen LogP contribution in [0.15, 0.2) is 103 Å². The standard InChI is InChI=1S/C26H19N3O2/c30-23-13-6-18(7-14-23)20-8-15-25-24(16-20)27-17-29(25)22-11-9-21(10-12-22)28-26(31)19-4-2-1-3-5-19/h1-17,30H,(H,28,31). The Balaban J connectivity index is 1.39. The molecule has 0 radical (unpaired) electrons. The number of imidazole rings is 1. The Hall–Kier alpha value is -4.38. The third-order valence-electron chi connectivity index (χ3n) is 5.19. The summed E-state index contributed by atoms with van der Waals surface area (Å²) >= 11 is 0. The number of nitrogens with one attached hydrogen (secondary N) is 1. The van der Waals surface area contributed by atoms with Crippen LogP contribution < -0.4 is 5.32 Å². The van der Waals surface area contributed by atoms with E-state index in [4.69, 9.17) is 0 Å². The summed E-state index contributed by atoms with van der Waals surface area (Å²) in [6, 6.07) is 30.0. The van der Waals surface area contributed by atoms with Crippen molar-refractivity contribution in [1.29, 1.82) is 0 Å². The predicted octanol–water partition coefficient (Wildman–Crippen LogP) is 5.65. The van der Waals surface area contributed by atoms with Crippen LogP contribution in [0.3, 0.4) is 0 Å². The summed E-state index contributed by atoms with van der Waals surface area (Å²) in [7, 11) is 0. The Labute approximate surface area is 179 Å². The molecule has 0 unspecified atom stereocenters. The number of amides is 1. The summed E-state index contributed by atoms with van der Waals surface area (Å²) in [4.78, 5) is 16.9. The molecule has 0 spiro atoms. The van der Waals surface area contributed by atoms with Gasteiger partial charge in [0.15, 0.2) is 0 Å². The molecule has 31 heavy (non-hydrogen) atoms. The molecule has 1 amide bonds. The van der Waals surface area contributed by atoms with E-state index in [1.54, 1.807) is 30.6 Å². The molecule has 5 rings (SSSR count). The highest BCUT2D eigenvalue weighted by Gasteiger charge is 2.09. The van der Waals surface area contributed by atoms with E-state index >= 15 is 0 Å². The van der Waals surface area contributed by atoms with Crippen molar-refractivity contribution in [2.45, 2.75) is 0 Å². The second-order valence-electron chi connectivity index (χ2n) is 7.23. The first-order chi connectivity index (χ1) is 15.2. The van der Waals surface area contributed by atoms with Gasteiger partial charge in [0.2, 0.25) is 0 Å². The molecule has 4 aromatic carbocycles. The lowest BCUT2D eigenvalue weighted by Crippen LogP contribution is -2.11. The Morgan fingerprint density at radius 2 is 1.52 bits per heavy atom. The number of benzene rings is 4. The van der Waals surface area contributed by atoms with Gasteiger partial charge in [-0.1, -0.05) is 36.4 Å². The predicted molar refractivity (Wildman–Crippen MR) is 123 cm³/mol. The number of fused-ring (bicyclic) bond motifs is 1. The van der Waals surface area contributed by atoms with Crippen molar-refractivity contribution in [2.24, 2.45) is 0 Å². The monoisotopic (exact) mass is 405 g/mol. The van der Waals surface area contributed by atoms with Crippen molar-refractivity contribution in [2.75, 3.05) is 5.32 Å². The second kappa shape index (κ2) is 7.80. The average Bonchev–Trinajstić information content (AvgIpc) is 3.24. The third kappa shape index (κ3) is 3.76. The fourth-order valence-electron chi connectivity index (χ4n) is 3.55. The molecule has 1 aromatic heterocycles. The molecule has 0 saturated heterocycles. The minimum atomic E-state index is -0.136. The molecule has 1 heterocycles. The molecule has 0 aliphatic carbocycles. The van der Waals surface area contributed by atoms with Gasteiger partial charge in [-0.3, -0.25) is 9.36 Å². The maximum absolute atomic E-state index is 12.3. The van der Waals surface area contributed by atoms with E-state index in [0.29, 0.717) is 5.56 Å². The van der Waals surface area contributed by atoms with Crippen molar-refractivity contribution >= 4 is 22.6 Å². The first-order valence-corrected chi connectivity index (χ1v) is 9.91. The summed E-state index contributed by atoms with van der Waals surface area (Å²) in [6.45, 7) is 0. The van der Waals surface area contributed by atoms with Gasteiger partial charge in [-0.2, -0.15) is 0 Å². The lowest BCUT2D eigenvalue weighted by molar-refractivity contribution is 0.102. The number of aromatic nitrogens is 2. The summed E-state index contributed by atoms with van der Waals surface area (Å²) in [6.07, 6.45) is 1.79. The minimum Gasteiger partial charge on any atom is -0.508 e. The fraction of sp³-hybridized carbons (Fsp3) is 0. The van der Waals surface area contributed by atoms with E-state index in [9.17, 15) is 9.90 Å². The maximum Gasteiger partial charge on any atom is 0.255 e. The van der Waals surface area contributed by atoms with Crippen LogP contribution in [0.25, 0.3) is 27.8 Å². The topological polar surface area (TPSA) is 67.2 Å².